The fourth-order valence-corrected chi connectivity index (χ4v) is 1.90. The van der Waals surface area contributed by atoms with Gasteiger partial charge in [0.25, 0.3) is 11.5 Å². The van der Waals surface area contributed by atoms with Gasteiger partial charge in [-0.25, -0.2) is 9.18 Å². The summed E-state index contributed by atoms with van der Waals surface area (Å²) in [6.45, 7) is 1.34. The molecule has 0 aliphatic carbocycles. The first-order valence-electron chi connectivity index (χ1n) is 6.53. The van der Waals surface area contributed by atoms with E-state index in [0.29, 0.717) is 0 Å². The number of rotatable bonds is 4. The van der Waals surface area contributed by atoms with Crippen LogP contribution >= 0.6 is 11.6 Å². The van der Waals surface area contributed by atoms with Gasteiger partial charge in [-0.05, 0) is 37.3 Å². The Labute approximate surface area is 135 Å². The van der Waals surface area contributed by atoms with E-state index in [1.54, 1.807) is 0 Å². The minimum Gasteiger partial charge on any atom is -0.449 e. The number of ether oxygens (including phenoxy) is 1. The number of nitrogens with one attached hydrogen (secondary N) is 2. The molecule has 0 radical (unpaired) electrons. The molecule has 1 atom stereocenters. The molecule has 0 bridgehead atoms. The SMILES string of the molecule is C[C@@H](OC(=O)c1ccc[nH]c1=O)C(=O)Nc1ccc(F)cc1Cl. The van der Waals surface area contributed by atoms with Crippen molar-refractivity contribution in [3.63, 3.8) is 0 Å². The average molecular weight is 339 g/mol. The summed E-state index contributed by atoms with van der Waals surface area (Å²) in [5.41, 5.74) is -0.655. The first-order valence-corrected chi connectivity index (χ1v) is 6.91. The van der Waals surface area contributed by atoms with E-state index in [4.69, 9.17) is 16.3 Å². The third-order valence-electron chi connectivity index (χ3n) is 2.88. The van der Waals surface area contributed by atoms with Crippen LogP contribution in [0.15, 0.2) is 41.3 Å². The van der Waals surface area contributed by atoms with Crippen LogP contribution in [0, 0.1) is 5.82 Å². The van der Waals surface area contributed by atoms with Crippen LogP contribution in [0.25, 0.3) is 0 Å². The number of aromatic amines is 1. The molecular weight excluding hydrogens is 327 g/mol. The highest BCUT2D eigenvalue weighted by atomic mass is 35.5. The van der Waals surface area contributed by atoms with Crippen molar-refractivity contribution >= 4 is 29.2 Å². The predicted octanol–water partition coefficient (Wildman–Crippen LogP) is 2.35. The fraction of sp³-hybridized carbons (Fsp3) is 0.133. The molecule has 1 heterocycles. The number of hydrogen-bond donors (Lipinski definition) is 2. The van der Waals surface area contributed by atoms with Gasteiger partial charge >= 0.3 is 5.97 Å². The molecular formula is C15H12ClFN2O4. The molecule has 0 unspecified atom stereocenters. The van der Waals surface area contributed by atoms with Crippen molar-refractivity contribution in [3.8, 4) is 0 Å². The van der Waals surface area contributed by atoms with Crippen LogP contribution in [0.3, 0.4) is 0 Å². The van der Waals surface area contributed by atoms with Crippen LogP contribution in [0.1, 0.15) is 17.3 Å². The number of aromatic nitrogens is 1. The quantitative estimate of drug-likeness (QED) is 0.838. The number of hydrogen-bond acceptors (Lipinski definition) is 4. The lowest BCUT2D eigenvalue weighted by Gasteiger charge is -2.14. The molecule has 2 aromatic rings. The third-order valence-corrected chi connectivity index (χ3v) is 3.19. The standard InChI is InChI=1S/C15H12ClFN2O4/c1-8(23-15(22)10-3-2-6-18-14(10)21)13(20)19-12-5-4-9(17)7-11(12)16/h2-8H,1H3,(H,18,21)(H,19,20)/t8-/m1/s1. The van der Waals surface area contributed by atoms with Gasteiger partial charge in [-0.3, -0.25) is 9.59 Å². The maximum Gasteiger partial charge on any atom is 0.344 e. The Balaban J connectivity index is 2.04. The van der Waals surface area contributed by atoms with Crippen molar-refractivity contribution in [3.05, 3.63) is 63.3 Å². The van der Waals surface area contributed by atoms with Gasteiger partial charge < -0.3 is 15.0 Å². The molecule has 23 heavy (non-hydrogen) atoms. The molecule has 0 spiro atoms. The molecule has 120 valence electrons. The molecule has 6 nitrogen and oxygen atoms in total. The molecule has 2 N–H and O–H groups in total. The maximum atomic E-state index is 12.9. The monoisotopic (exact) mass is 338 g/mol. The van der Waals surface area contributed by atoms with E-state index in [1.165, 1.54) is 31.3 Å². The summed E-state index contributed by atoms with van der Waals surface area (Å²) >= 11 is 5.79. The number of H-pyrrole nitrogens is 1. The van der Waals surface area contributed by atoms with E-state index in [9.17, 15) is 18.8 Å². The number of carbonyl (C=O) groups is 2. The minimum absolute atomic E-state index is 0.0105. The van der Waals surface area contributed by atoms with E-state index < -0.39 is 29.4 Å². The Hall–Kier alpha value is -2.67. The van der Waals surface area contributed by atoms with Gasteiger partial charge in [-0.2, -0.15) is 0 Å². The van der Waals surface area contributed by atoms with Gasteiger partial charge in [0.1, 0.15) is 11.4 Å². The summed E-state index contributed by atoms with van der Waals surface area (Å²) in [5.74, 6) is -2.14. The number of amides is 1. The molecule has 0 fully saturated rings. The normalized spacial score (nSPS) is 11.6. The lowest BCUT2D eigenvalue weighted by molar-refractivity contribution is -0.123. The van der Waals surface area contributed by atoms with E-state index in [2.05, 4.69) is 10.3 Å². The highest BCUT2D eigenvalue weighted by Crippen LogP contribution is 2.22. The molecule has 0 aliphatic rings. The highest BCUT2D eigenvalue weighted by Gasteiger charge is 2.21. The van der Waals surface area contributed by atoms with Crippen molar-refractivity contribution in [1.82, 2.24) is 4.98 Å². The Bertz CT molecular complexity index is 806. The Kier molecular flexibility index (Phi) is 5.13. The second-order valence-corrected chi connectivity index (χ2v) is 4.98. The summed E-state index contributed by atoms with van der Waals surface area (Å²) in [6, 6.07) is 6.19. The van der Waals surface area contributed by atoms with Gasteiger partial charge in [-0.15, -0.1) is 0 Å². The van der Waals surface area contributed by atoms with Crippen LogP contribution in [-0.2, 0) is 9.53 Å². The second kappa shape index (κ2) is 7.06. The summed E-state index contributed by atoms with van der Waals surface area (Å²) in [4.78, 5) is 37.6. The van der Waals surface area contributed by atoms with E-state index in [1.807, 2.05) is 0 Å². The molecule has 0 saturated heterocycles. The molecule has 0 aliphatic heterocycles. The Morgan fingerprint density at radius 3 is 2.74 bits per heavy atom. The number of carbonyl (C=O) groups excluding carboxylic acids is 2. The minimum atomic E-state index is -1.18. The lowest BCUT2D eigenvalue weighted by Crippen LogP contribution is -2.31. The zero-order valence-electron chi connectivity index (χ0n) is 11.9. The molecule has 8 heteroatoms. The van der Waals surface area contributed by atoms with Crippen LogP contribution in [-0.4, -0.2) is 23.0 Å². The number of esters is 1. The van der Waals surface area contributed by atoms with Crippen LogP contribution in [0.2, 0.25) is 5.02 Å². The van der Waals surface area contributed by atoms with Gasteiger partial charge in [0.2, 0.25) is 0 Å². The third kappa shape index (κ3) is 4.17. The first kappa shape index (κ1) is 16.7. The highest BCUT2D eigenvalue weighted by molar-refractivity contribution is 6.33. The van der Waals surface area contributed by atoms with Crippen molar-refractivity contribution < 1.29 is 18.7 Å². The van der Waals surface area contributed by atoms with Crippen LogP contribution in [0.5, 0.6) is 0 Å². The summed E-state index contributed by atoms with van der Waals surface area (Å²) in [5, 5.41) is 2.42. The number of halogens is 2. The van der Waals surface area contributed by atoms with Crippen molar-refractivity contribution in [2.75, 3.05) is 5.32 Å². The Morgan fingerprint density at radius 1 is 1.35 bits per heavy atom. The van der Waals surface area contributed by atoms with Gasteiger partial charge in [-0.1, -0.05) is 11.6 Å². The topological polar surface area (TPSA) is 88.3 Å². The predicted molar refractivity (Wildman–Crippen MR) is 82.0 cm³/mol. The van der Waals surface area contributed by atoms with Crippen molar-refractivity contribution in [1.29, 1.82) is 0 Å². The van der Waals surface area contributed by atoms with Crippen LogP contribution in [0.4, 0.5) is 10.1 Å². The summed E-state index contributed by atoms with van der Waals surface area (Å²) in [7, 11) is 0. The number of pyridine rings is 1. The zero-order chi connectivity index (χ0) is 17.0. The van der Waals surface area contributed by atoms with E-state index >= 15 is 0 Å². The van der Waals surface area contributed by atoms with Gasteiger partial charge in [0.15, 0.2) is 6.10 Å². The van der Waals surface area contributed by atoms with E-state index in [-0.39, 0.29) is 16.3 Å². The number of anilines is 1. The first-order chi connectivity index (χ1) is 10.9. The van der Waals surface area contributed by atoms with Gasteiger partial charge in [0.05, 0.1) is 10.7 Å². The lowest BCUT2D eigenvalue weighted by atomic mass is 10.2. The maximum absolute atomic E-state index is 12.9. The van der Waals surface area contributed by atoms with E-state index in [0.717, 1.165) is 12.1 Å². The molecule has 0 saturated carbocycles. The molecule has 1 aromatic carbocycles. The Morgan fingerprint density at radius 2 is 2.09 bits per heavy atom. The summed E-state index contributed by atoms with van der Waals surface area (Å²) in [6.07, 6.45) is 0.189. The second-order valence-electron chi connectivity index (χ2n) is 4.57. The van der Waals surface area contributed by atoms with Crippen molar-refractivity contribution in [2.45, 2.75) is 13.0 Å². The zero-order valence-corrected chi connectivity index (χ0v) is 12.7. The average Bonchev–Trinajstić information content (AvgIpc) is 2.50. The largest absolute Gasteiger partial charge is 0.449 e. The van der Waals surface area contributed by atoms with Crippen LogP contribution < -0.4 is 10.9 Å². The smallest absolute Gasteiger partial charge is 0.344 e. The fourth-order valence-electron chi connectivity index (χ4n) is 1.69. The molecule has 1 amide bonds. The molecule has 1 aromatic heterocycles. The van der Waals surface area contributed by atoms with Crippen molar-refractivity contribution in [2.24, 2.45) is 0 Å². The molecule has 2 rings (SSSR count). The van der Waals surface area contributed by atoms with Gasteiger partial charge in [0, 0.05) is 6.20 Å². The summed E-state index contributed by atoms with van der Waals surface area (Å²) < 4.78 is 17.9. The number of benzene rings is 1.